The third-order valence-corrected chi connectivity index (χ3v) is 3.81. The molecule has 0 bridgehead atoms. The highest BCUT2D eigenvalue weighted by atomic mass is 15.1. The maximum absolute atomic E-state index is 6.08. The summed E-state index contributed by atoms with van der Waals surface area (Å²) < 4.78 is 0. The highest BCUT2D eigenvalue weighted by Crippen LogP contribution is 2.31. The van der Waals surface area contributed by atoms with E-state index >= 15 is 0 Å². The summed E-state index contributed by atoms with van der Waals surface area (Å²) in [7, 11) is 2.15. The lowest BCUT2D eigenvalue weighted by atomic mass is 9.85. The molecule has 1 aromatic carbocycles. The molecule has 2 nitrogen and oxygen atoms in total. The Labute approximate surface area is 98.4 Å². The van der Waals surface area contributed by atoms with Crippen LogP contribution >= 0.6 is 0 Å². The summed E-state index contributed by atoms with van der Waals surface area (Å²) >= 11 is 0. The van der Waals surface area contributed by atoms with Crippen molar-refractivity contribution >= 4 is 11.4 Å². The molecular formula is C14H22N2. The van der Waals surface area contributed by atoms with Crippen LogP contribution in [0.1, 0.15) is 30.4 Å². The molecule has 0 saturated heterocycles. The van der Waals surface area contributed by atoms with Gasteiger partial charge in [-0.15, -0.1) is 0 Å². The molecule has 2 N–H and O–H groups in total. The number of nitrogen functional groups attached to an aromatic ring is 1. The maximum atomic E-state index is 6.08. The molecule has 1 aliphatic rings. The van der Waals surface area contributed by atoms with Gasteiger partial charge in [-0.05, 0) is 55.9 Å². The summed E-state index contributed by atoms with van der Waals surface area (Å²) in [5.41, 5.74) is 10.8. The van der Waals surface area contributed by atoms with Crippen LogP contribution in [-0.4, -0.2) is 13.6 Å². The first-order valence-corrected chi connectivity index (χ1v) is 6.16. The third-order valence-electron chi connectivity index (χ3n) is 3.81. The molecule has 88 valence electrons. The molecule has 1 saturated carbocycles. The smallest absolute Gasteiger partial charge is 0.0600 e. The van der Waals surface area contributed by atoms with Crippen molar-refractivity contribution in [1.29, 1.82) is 0 Å². The minimum absolute atomic E-state index is 0.881. The average Bonchev–Trinajstić information content (AvgIpc) is 2.17. The molecule has 2 rings (SSSR count). The van der Waals surface area contributed by atoms with Gasteiger partial charge in [0, 0.05) is 13.6 Å². The van der Waals surface area contributed by atoms with Gasteiger partial charge < -0.3 is 10.6 Å². The Morgan fingerprint density at radius 1 is 1.25 bits per heavy atom. The largest absolute Gasteiger partial charge is 0.397 e. The van der Waals surface area contributed by atoms with Gasteiger partial charge in [-0.2, -0.15) is 0 Å². The van der Waals surface area contributed by atoms with Crippen LogP contribution in [0.25, 0.3) is 0 Å². The standard InChI is InChI=1S/C14H22N2/c1-10-7-13(15)14(8-11(10)2)16(3)9-12-5-4-6-12/h7-8,12H,4-6,9,15H2,1-3H3. The van der Waals surface area contributed by atoms with Crippen LogP contribution < -0.4 is 10.6 Å². The summed E-state index contributed by atoms with van der Waals surface area (Å²) in [5.74, 6) is 0.881. The molecule has 0 unspecified atom stereocenters. The van der Waals surface area contributed by atoms with Gasteiger partial charge in [-0.1, -0.05) is 6.42 Å². The summed E-state index contributed by atoms with van der Waals surface area (Å²) in [6, 6.07) is 4.30. The zero-order valence-electron chi connectivity index (χ0n) is 10.6. The van der Waals surface area contributed by atoms with E-state index in [4.69, 9.17) is 5.73 Å². The topological polar surface area (TPSA) is 29.3 Å². The van der Waals surface area contributed by atoms with Gasteiger partial charge in [-0.25, -0.2) is 0 Å². The Kier molecular flexibility index (Phi) is 3.08. The Bertz CT molecular complexity index is 381. The molecular weight excluding hydrogens is 196 g/mol. The van der Waals surface area contributed by atoms with Crippen molar-refractivity contribution in [2.45, 2.75) is 33.1 Å². The highest BCUT2D eigenvalue weighted by Gasteiger charge is 2.20. The normalized spacial score (nSPS) is 15.9. The lowest BCUT2D eigenvalue weighted by Crippen LogP contribution is -2.29. The summed E-state index contributed by atoms with van der Waals surface area (Å²) in [6.45, 7) is 5.41. The van der Waals surface area contributed by atoms with Crippen LogP contribution in [0.2, 0.25) is 0 Å². The van der Waals surface area contributed by atoms with Crippen LogP contribution in [0.15, 0.2) is 12.1 Å². The Balaban J connectivity index is 2.14. The number of nitrogens with zero attached hydrogens (tertiary/aromatic N) is 1. The van der Waals surface area contributed by atoms with Crippen molar-refractivity contribution < 1.29 is 0 Å². The van der Waals surface area contributed by atoms with Gasteiger partial charge in [-0.3, -0.25) is 0 Å². The van der Waals surface area contributed by atoms with Gasteiger partial charge in [0.05, 0.1) is 11.4 Å². The number of aryl methyl sites for hydroxylation is 2. The van der Waals surface area contributed by atoms with E-state index in [2.05, 4.69) is 37.9 Å². The Morgan fingerprint density at radius 2 is 1.88 bits per heavy atom. The summed E-state index contributed by atoms with van der Waals surface area (Å²) in [4.78, 5) is 2.31. The summed E-state index contributed by atoms with van der Waals surface area (Å²) in [5, 5.41) is 0. The van der Waals surface area contributed by atoms with E-state index in [1.807, 2.05) is 0 Å². The molecule has 0 aromatic heterocycles. The number of benzene rings is 1. The second-order valence-corrected chi connectivity index (χ2v) is 5.17. The van der Waals surface area contributed by atoms with E-state index in [0.29, 0.717) is 0 Å². The number of rotatable bonds is 3. The predicted molar refractivity (Wildman–Crippen MR) is 70.9 cm³/mol. The van der Waals surface area contributed by atoms with Crippen molar-refractivity contribution in [1.82, 2.24) is 0 Å². The molecule has 1 aliphatic carbocycles. The number of hydrogen-bond acceptors (Lipinski definition) is 2. The van der Waals surface area contributed by atoms with E-state index in [9.17, 15) is 0 Å². The lowest BCUT2D eigenvalue weighted by molar-refractivity contribution is 0.321. The summed E-state index contributed by atoms with van der Waals surface area (Å²) in [6.07, 6.45) is 4.17. The quantitative estimate of drug-likeness (QED) is 0.790. The first kappa shape index (κ1) is 11.3. The minimum Gasteiger partial charge on any atom is -0.397 e. The van der Waals surface area contributed by atoms with Gasteiger partial charge in [0.1, 0.15) is 0 Å². The molecule has 0 spiro atoms. The van der Waals surface area contributed by atoms with Crippen LogP contribution in [0.4, 0.5) is 11.4 Å². The molecule has 0 radical (unpaired) electrons. The van der Waals surface area contributed by atoms with E-state index in [0.717, 1.165) is 18.2 Å². The van der Waals surface area contributed by atoms with E-state index < -0.39 is 0 Å². The van der Waals surface area contributed by atoms with Crippen LogP contribution in [0.5, 0.6) is 0 Å². The average molecular weight is 218 g/mol. The molecule has 2 heteroatoms. The Hall–Kier alpha value is -1.18. The van der Waals surface area contributed by atoms with Crippen molar-refractivity contribution in [3.63, 3.8) is 0 Å². The van der Waals surface area contributed by atoms with Gasteiger partial charge >= 0.3 is 0 Å². The maximum Gasteiger partial charge on any atom is 0.0600 e. The van der Waals surface area contributed by atoms with Crippen LogP contribution in [0.3, 0.4) is 0 Å². The predicted octanol–water partition coefficient (Wildman–Crippen LogP) is 3.12. The first-order valence-electron chi connectivity index (χ1n) is 6.16. The zero-order chi connectivity index (χ0) is 11.7. The number of anilines is 2. The minimum atomic E-state index is 0.881. The second-order valence-electron chi connectivity index (χ2n) is 5.17. The van der Waals surface area contributed by atoms with Crippen molar-refractivity contribution in [3.8, 4) is 0 Å². The molecule has 0 aliphatic heterocycles. The molecule has 0 heterocycles. The van der Waals surface area contributed by atoms with Crippen LogP contribution in [-0.2, 0) is 0 Å². The van der Waals surface area contributed by atoms with E-state index in [1.54, 1.807) is 0 Å². The van der Waals surface area contributed by atoms with Gasteiger partial charge in [0.25, 0.3) is 0 Å². The number of hydrogen-bond donors (Lipinski definition) is 1. The fourth-order valence-electron chi connectivity index (χ4n) is 2.31. The van der Waals surface area contributed by atoms with E-state index in [1.165, 1.54) is 36.1 Å². The lowest BCUT2D eigenvalue weighted by Gasteiger charge is -2.32. The second kappa shape index (κ2) is 4.36. The number of nitrogens with two attached hydrogens (primary N) is 1. The fraction of sp³-hybridized carbons (Fsp3) is 0.571. The highest BCUT2D eigenvalue weighted by molar-refractivity contribution is 5.69. The van der Waals surface area contributed by atoms with Crippen molar-refractivity contribution in [3.05, 3.63) is 23.3 Å². The molecule has 1 aromatic rings. The van der Waals surface area contributed by atoms with Gasteiger partial charge in [0.15, 0.2) is 0 Å². The molecule has 0 atom stereocenters. The molecule has 1 fully saturated rings. The molecule has 0 amide bonds. The Morgan fingerprint density at radius 3 is 2.44 bits per heavy atom. The van der Waals surface area contributed by atoms with Crippen molar-refractivity contribution in [2.24, 2.45) is 5.92 Å². The van der Waals surface area contributed by atoms with E-state index in [-0.39, 0.29) is 0 Å². The third kappa shape index (κ3) is 2.16. The van der Waals surface area contributed by atoms with Crippen LogP contribution in [0, 0.1) is 19.8 Å². The monoisotopic (exact) mass is 218 g/mol. The zero-order valence-corrected chi connectivity index (χ0v) is 10.6. The van der Waals surface area contributed by atoms with Gasteiger partial charge in [0.2, 0.25) is 0 Å². The molecule has 16 heavy (non-hydrogen) atoms. The SMILES string of the molecule is Cc1cc(N)c(N(C)CC2CCC2)cc1C. The fourth-order valence-corrected chi connectivity index (χ4v) is 2.31. The first-order chi connectivity index (χ1) is 7.58. The van der Waals surface area contributed by atoms with Crippen molar-refractivity contribution in [2.75, 3.05) is 24.2 Å².